The first-order valence-electron chi connectivity index (χ1n) is 14.7. The number of carboxylic acid groups (broad SMARTS) is 1. The van der Waals surface area contributed by atoms with Crippen molar-refractivity contribution in [2.24, 2.45) is 22.7 Å². The van der Waals surface area contributed by atoms with Crippen molar-refractivity contribution in [3.63, 3.8) is 0 Å². The molecule has 4 aliphatic rings. The highest BCUT2D eigenvalue weighted by atomic mass is 16.5. The smallest absolute Gasteiger partial charge is 0.326 e. The first kappa shape index (κ1) is 28.7. The van der Waals surface area contributed by atoms with Gasteiger partial charge in [-0.05, 0) is 58.6 Å². The van der Waals surface area contributed by atoms with Crippen LogP contribution in [0.3, 0.4) is 0 Å². The molecule has 4 fully saturated rings. The average Bonchev–Trinajstić information content (AvgIpc) is 3.20. The molecule has 3 saturated carbocycles. The number of ether oxygens (including phenoxy) is 1. The number of aliphatic carboxylic acids is 1. The second-order valence-corrected chi connectivity index (χ2v) is 14.7. The molecule has 1 saturated heterocycles. The van der Waals surface area contributed by atoms with Gasteiger partial charge in [0.05, 0.1) is 13.2 Å². The van der Waals surface area contributed by atoms with E-state index in [1.807, 2.05) is 36.4 Å². The highest BCUT2D eigenvalue weighted by Crippen LogP contribution is 2.66. The van der Waals surface area contributed by atoms with Crippen LogP contribution >= 0.6 is 0 Å². The largest absolute Gasteiger partial charge is 0.496 e. The number of hydrogen-bond acceptors (Lipinski definition) is 4. The molecule has 0 radical (unpaired) electrons. The quantitative estimate of drug-likeness (QED) is 0.404. The van der Waals surface area contributed by atoms with Crippen molar-refractivity contribution in [2.75, 3.05) is 7.11 Å². The number of hydrogen-bond donors (Lipinski definition) is 2. The minimum Gasteiger partial charge on any atom is -0.496 e. The highest BCUT2D eigenvalue weighted by molar-refractivity contribution is 5.86. The lowest BCUT2D eigenvalue weighted by Crippen LogP contribution is -2.55. The Kier molecular flexibility index (Phi) is 7.31. The van der Waals surface area contributed by atoms with Crippen molar-refractivity contribution in [3.05, 3.63) is 65.2 Å². The Morgan fingerprint density at radius 3 is 2.17 bits per heavy atom. The van der Waals surface area contributed by atoms with Crippen molar-refractivity contribution in [2.45, 2.75) is 97.3 Å². The Labute approximate surface area is 239 Å². The summed E-state index contributed by atoms with van der Waals surface area (Å²) in [5, 5.41) is 14.5. The maximum absolute atomic E-state index is 14.1. The Morgan fingerprint density at radius 1 is 1.02 bits per heavy atom. The molecule has 2 aromatic carbocycles. The van der Waals surface area contributed by atoms with Crippen LogP contribution < -0.4 is 10.1 Å². The monoisotopic (exact) mass is 546 g/mol. The highest BCUT2D eigenvalue weighted by Gasteiger charge is 2.61. The van der Waals surface area contributed by atoms with Gasteiger partial charge in [0.2, 0.25) is 5.91 Å². The fraction of sp³-hybridized carbons (Fsp3) is 0.588. The molecule has 4 atom stereocenters. The van der Waals surface area contributed by atoms with Crippen LogP contribution in [0, 0.1) is 22.7 Å². The van der Waals surface area contributed by atoms with Gasteiger partial charge in [0.1, 0.15) is 11.8 Å². The number of carbonyl (C=O) groups is 2. The molecule has 1 heterocycles. The Hall–Kier alpha value is -2.86. The summed E-state index contributed by atoms with van der Waals surface area (Å²) in [6.45, 7) is 13.4. The fourth-order valence-corrected chi connectivity index (χ4v) is 7.66. The zero-order valence-corrected chi connectivity index (χ0v) is 25.2. The Balaban J connectivity index is 1.55. The summed E-state index contributed by atoms with van der Waals surface area (Å²) >= 11 is 0. The molecule has 1 amide bonds. The number of carboxylic acids is 1. The summed E-state index contributed by atoms with van der Waals surface area (Å²) in [6.07, 6.45) is 3.76. The van der Waals surface area contributed by atoms with Crippen LogP contribution in [0.2, 0.25) is 0 Å². The molecule has 216 valence electrons. The number of amides is 1. The van der Waals surface area contributed by atoms with Crippen LogP contribution in [0.15, 0.2) is 48.5 Å². The van der Waals surface area contributed by atoms with E-state index < -0.39 is 12.0 Å². The van der Waals surface area contributed by atoms with Crippen molar-refractivity contribution < 1.29 is 19.4 Å². The number of nitrogens with zero attached hydrogens (tertiary/aromatic N) is 1. The van der Waals surface area contributed by atoms with Gasteiger partial charge >= 0.3 is 5.97 Å². The third kappa shape index (κ3) is 5.15. The second kappa shape index (κ2) is 10.2. The molecule has 0 unspecified atom stereocenters. The summed E-state index contributed by atoms with van der Waals surface area (Å²) in [5.74, 6) is 0.313. The molecular formula is C34H46N2O4. The predicted molar refractivity (Wildman–Crippen MR) is 157 cm³/mol. The molecule has 40 heavy (non-hydrogen) atoms. The van der Waals surface area contributed by atoms with Crippen molar-refractivity contribution in [1.82, 2.24) is 10.2 Å². The zero-order valence-electron chi connectivity index (χ0n) is 25.2. The minimum absolute atomic E-state index is 0.0198. The number of likely N-dealkylation sites (tertiary alicyclic amines) is 1. The first-order valence-corrected chi connectivity index (χ1v) is 14.7. The summed E-state index contributed by atoms with van der Waals surface area (Å²) in [5.41, 5.74) is 2.92. The fourth-order valence-electron chi connectivity index (χ4n) is 7.66. The molecule has 0 aromatic heterocycles. The summed E-state index contributed by atoms with van der Waals surface area (Å²) in [7, 11) is 1.68. The Bertz CT molecular complexity index is 1240. The summed E-state index contributed by atoms with van der Waals surface area (Å²) < 4.78 is 5.73. The lowest BCUT2D eigenvalue weighted by molar-refractivity contribution is -0.162. The summed E-state index contributed by atoms with van der Waals surface area (Å²) in [6, 6.07) is 14.7. The number of methoxy groups -OCH3 is 1. The standard InChI is InChI=1S/C34H46N2O4/c1-32(2,3)24-13-14-25(40-7)23(15-24)20-35-28-27(33(4,5)6)30(31(38)39)36(29(28)22-11-9-8-10-12-22)26(37)19-34-16-21(17-34)18-34/h8-15,21,27-30,35H,16-20H2,1-7H3,(H,38,39)/t21?,27-,28-,29-,30-,34?/m0/s1. The second-order valence-electron chi connectivity index (χ2n) is 14.7. The zero-order chi connectivity index (χ0) is 29.0. The van der Waals surface area contributed by atoms with Crippen LogP contribution in [-0.2, 0) is 21.5 Å². The van der Waals surface area contributed by atoms with E-state index in [1.165, 1.54) is 5.56 Å². The van der Waals surface area contributed by atoms with Gasteiger partial charge in [-0.15, -0.1) is 0 Å². The van der Waals surface area contributed by atoms with E-state index in [2.05, 4.69) is 59.0 Å². The van der Waals surface area contributed by atoms with Crippen LogP contribution in [0.1, 0.15) is 90.0 Å². The third-order valence-corrected chi connectivity index (χ3v) is 9.71. The third-order valence-electron chi connectivity index (χ3n) is 9.71. The summed E-state index contributed by atoms with van der Waals surface area (Å²) in [4.78, 5) is 28.9. The first-order chi connectivity index (χ1) is 18.7. The number of rotatable bonds is 8. The van der Waals surface area contributed by atoms with Crippen LogP contribution in [-0.4, -0.2) is 41.1 Å². The van der Waals surface area contributed by atoms with Crippen LogP contribution in [0.25, 0.3) is 0 Å². The maximum atomic E-state index is 14.1. The van der Waals surface area contributed by atoms with Gasteiger partial charge in [-0.3, -0.25) is 4.79 Å². The number of carbonyl (C=O) groups excluding carboxylic acids is 1. The molecule has 2 aromatic rings. The van der Waals surface area contributed by atoms with Gasteiger partial charge in [-0.1, -0.05) is 84.0 Å². The molecule has 3 aliphatic carbocycles. The van der Waals surface area contributed by atoms with Gasteiger partial charge in [-0.2, -0.15) is 0 Å². The minimum atomic E-state index is -0.927. The van der Waals surface area contributed by atoms with E-state index in [1.54, 1.807) is 12.0 Å². The molecule has 0 spiro atoms. The average molecular weight is 547 g/mol. The van der Waals surface area contributed by atoms with Gasteiger partial charge < -0.3 is 20.1 Å². The van der Waals surface area contributed by atoms with E-state index in [4.69, 9.17) is 4.74 Å². The van der Waals surface area contributed by atoms with Gasteiger partial charge in [-0.25, -0.2) is 4.79 Å². The molecule has 6 nitrogen and oxygen atoms in total. The molecule has 6 heteroatoms. The van der Waals surface area contributed by atoms with E-state index in [0.29, 0.717) is 13.0 Å². The predicted octanol–water partition coefficient (Wildman–Crippen LogP) is 6.34. The molecule has 2 bridgehead atoms. The van der Waals surface area contributed by atoms with Crippen molar-refractivity contribution in [3.8, 4) is 5.75 Å². The van der Waals surface area contributed by atoms with E-state index in [0.717, 1.165) is 42.1 Å². The molecule has 1 aliphatic heterocycles. The molecular weight excluding hydrogens is 500 g/mol. The number of nitrogens with one attached hydrogen (secondary N) is 1. The van der Waals surface area contributed by atoms with Gasteiger partial charge in [0.25, 0.3) is 0 Å². The van der Waals surface area contributed by atoms with Gasteiger partial charge in [0.15, 0.2) is 0 Å². The topological polar surface area (TPSA) is 78.9 Å². The SMILES string of the molecule is COc1ccc(C(C)(C)C)cc1CN[C@H]1[C@H](C(C)(C)C)[C@@H](C(=O)O)N(C(=O)CC23CC(C2)C3)[C@H]1c1ccccc1. The molecule has 2 N–H and O–H groups in total. The van der Waals surface area contributed by atoms with E-state index >= 15 is 0 Å². The number of benzene rings is 2. The Morgan fingerprint density at radius 2 is 1.68 bits per heavy atom. The normalized spacial score (nSPS) is 29.5. The van der Waals surface area contributed by atoms with Crippen LogP contribution in [0.5, 0.6) is 5.75 Å². The lowest BCUT2D eigenvalue weighted by Gasteiger charge is -2.62. The van der Waals surface area contributed by atoms with Gasteiger partial charge in [0, 0.05) is 30.5 Å². The van der Waals surface area contributed by atoms with Crippen molar-refractivity contribution in [1.29, 1.82) is 0 Å². The van der Waals surface area contributed by atoms with E-state index in [-0.39, 0.29) is 40.2 Å². The molecule has 6 rings (SSSR count). The lowest BCUT2D eigenvalue weighted by atomic mass is 9.43. The maximum Gasteiger partial charge on any atom is 0.326 e. The van der Waals surface area contributed by atoms with Crippen molar-refractivity contribution >= 4 is 11.9 Å². The van der Waals surface area contributed by atoms with Crippen LogP contribution in [0.4, 0.5) is 0 Å². The van der Waals surface area contributed by atoms with E-state index in [9.17, 15) is 14.7 Å².